The molecule has 0 heterocycles. The van der Waals surface area contributed by atoms with Crippen molar-refractivity contribution in [3.8, 4) is 0 Å². The molecular formula is C11H15N3O3S2. The minimum absolute atomic E-state index is 0.0823. The van der Waals surface area contributed by atoms with Crippen LogP contribution in [0.2, 0.25) is 0 Å². The van der Waals surface area contributed by atoms with E-state index in [1.54, 1.807) is 0 Å². The molecule has 8 heteroatoms. The first-order valence-corrected chi connectivity index (χ1v) is 7.20. The van der Waals surface area contributed by atoms with Crippen LogP contribution in [0.3, 0.4) is 0 Å². The molecule has 19 heavy (non-hydrogen) atoms. The zero-order chi connectivity index (χ0) is 14.6. The fourth-order valence-corrected chi connectivity index (χ4v) is 2.60. The summed E-state index contributed by atoms with van der Waals surface area (Å²) in [5.41, 5.74) is 6.02. The Morgan fingerprint density at radius 3 is 2.32 bits per heavy atom. The highest BCUT2D eigenvalue weighted by Crippen LogP contribution is 2.15. The van der Waals surface area contributed by atoms with Crippen LogP contribution in [0.1, 0.15) is 5.56 Å². The van der Waals surface area contributed by atoms with Crippen molar-refractivity contribution in [2.24, 2.45) is 5.73 Å². The summed E-state index contributed by atoms with van der Waals surface area (Å²) < 4.78 is 25.3. The normalized spacial score (nSPS) is 11.3. The van der Waals surface area contributed by atoms with Gasteiger partial charge in [-0.05, 0) is 12.1 Å². The SMILES string of the molecule is CNC(=O)CN(C)S(=O)(=O)c1ccc(C(N)=S)cc1. The van der Waals surface area contributed by atoms with Crippen molar-refractivity contribution in [1.82, 2.24) is 9.62 Å². The number of likely N-dealkylation sites (N-methyl/N-ethyl adjacent to an activating group) is 2. The number of carbonyl (C=O) groups excluding carboxylic acids is 1. The van der Waals surface area contributed by atoms with Crippen LogP contribution < -0.4 is 11.1 Å². The zero-order valence-electron chi connectivity index (χ0n) is 10.6. The van der Waals surface area contributed by atoms with Gasteiger partial charge in [-0.25, -0.2) is 8.42 Å². The molecule has 0 fully saturated rings. The second-order valence-electron chi connectivity index (χ2n) is 3.82. The van der Waals surface area contributed by atoms with Gasteiger partial charge >= 0.3 is 0 Å². The van der Waals surface area contributed by atoms with Crippen LogP contribution in [0, 0.1) is 0 Å². The van der Waals surface area contributed by atoms with Crippen LogP contribution in [0.5, 0.6) is 0 Å². The number of thiocarbonyl (C=S) groups is 1. The van der Waals surface area contributed by atoms with Crippen LogP contribution in [-0.2, 0) is 14.8 Å². The quantitative estimate of drug-likeness (QED) is 0.728. The number of nitrogens with zero attached hydrogens (tertiary/aromatic N) is 1. The van der Waals surface area contributed by atoms with Crippen LogP contribution in [0.4, 0.5) is 0 Å². The van der Waals surface area contributed by atoms with Gasteiger partial charge in [0, 0.05) is 19.7 Å². The van der Waals surface area contributed by atoms with Gasteiger partial charge < -0.3 is 11.1 Å². The summed E-state index contributed by atoms with van der Waals surface area (Å²) in [6.07, 6.45) is 0. The third-order valence-electron chi connectivity index (χ3n) is 2.49. The molecule has 0 bridgehead atoms. The third-order valence-corrected chi connectivity index (χ3v) is 4.55. The lowest BCUT2D eigenvalue weighted by Gasteiger charge is -2.16. The molecule has 0 aromatic heterocycles. The van der Waals surface area contributed by atoms with Crippen molar-refractivity contribution >= 4 is 33.1 Å². The maximum Gasteiger partial charge on any atom is 0.243 e. The second-order valence-corrected chi connectivity index (χ2v) is 6.31. The van der Waals surface area contributed by atoms with E-state index in [0.717, 1.165) is 4.31 Å². The summed E-state index contributed by atoms with van der Waals surface area (Å²) in [5.74, 6) is -0.383. The smallest absolute Gasteiger partial charge is 0.243 e. The largest absolute Gasteiger partial charge is 0.389 e. The fraction of sp³-hybridized carbons (Fsp3) is 0.273. The summed E-state index contributed by atoms with van der Waals surface area (Å²) in [5, 5.41) is 2.36. The molecule has 6 nitrogen and oxygen atoms in total. The fourth-order valence-electron chi connectivity index (χ4n) is 1.34. The zero-order valence-corrected chi connectivity index (χ0v) is 12.2. The average molecular weight is 301 g/mol. The van der Waals surface area contributed by atoms with Gasteiger partial charge in [0.25, 0.3) is 0 Å². The molecule has 0 spiro atoms. The minimum Gasteiger partial charge on any atom is -0.389 e. The van der Waals surface area contributed by atoms with Crippen LogP contribution in [0.15, 0.2) is 29.2 Å². The molecule has 0 atom stereocenters. The number of benzene rings is 1. The molecule has 0 aliphatic heterocycles. The maximum absolute atomic E-state index is 12.1. The Hall–Kier alpha value is -1.51. The van der Waals surface area contributed by atoms with Gasteiger partial charge in [0.15, 0.2) is 0 Å². The topological polar surface area (TPSA) is 92.5 Å². The molecule has 0 saturated carbocycles. The highest BCUT2D eigenvalue weighted by molar-refractivity contribution is 7.89. The molecule has 0 radical (unpaired) electrons. The van der Waals surface area contributed by atoms with Crippen LogP contribution in [-0.4, -0.2) is 44.3 Å². The van der Waals surface area contributed by atoms with Crippen LogP contribution in [0.25, 0.3) is 0 Å². The van der Waals surface area contributed by atoms with Crippen LogP contribution >= 0.6 is 12.2 Å². The summed E-state index contributed by atoms with van der Waals surface area (Å²) >= 11 is 4.79. The van der Waals surface area contributed by atoms with Crippen molar-refractivity contribution in [2.45, 2.75) is 4.90 Å². The first-order valence-electron chi connectivity index (χ1n) is 5.36. The number of nitrogens with one attached hydrogen (secondary N) is 1. The van der Waals surface area contributed by atoms with E-state index in [-0.39, 0.29) is 22.3 Å². The molecule has 0 saturated heterocycles. The van der Waals surface area contributed by atoms with E-state index in [2.05, 4.69) is 5.32 Å². The van der Waals surface area contributed by atoms with E-state index in [9.17, 15) is 13.2 Å². The van der Waals surface area contributed by atoms with Crippen molar-refractivity contribution in [2.75, 3.05) is 20.6 Å². The number of hydrogen-bond acceptors (Lipinski definition) is 4. The maximum atomic E-state index is 12.1. The Morgan fingerprint density at radius 1 is 1.37 bits per heavy atom. The second kappa shape index (κ2) is 6.09. The van der Waals surface area contributed by atoms with Crippen molar-refractivity contribution in [3.63, 3.8) is 0 Å². The molecule has 0 aliphatic rings. The third kappa shape index (κ3) is 3.72. The molecule has 0 aliphatic carbocycles. The van der Waals surface area contributed by atoms with Gasteiger partial charge in [-0.1, -0.05) is 24.4 Å². The summed E-state index contributed by atoms with van der Waals surface area (Å²) in [6, 6.07) is 5.88. The summed E-state index contributed by atoms with van der Waals surface area (Å²) in [4.78, 5) is 11.5. The Kier molecular flexibility index (Phi) is 4.98. The molecule has 1 amide bonds. The lowest BCUT2D eigenvalue weighted by atomic mass is 10.2. The van der Waals surface area contributed by atoms with Crippen molar-refractivity contribution in [3.05, 3.63) is 29.8 Å². The number of carbonyl (C=O) groups is 1. The van der Waals surface area contributed by atoms with E-state index in [1.807, 2.05) is 0 Å². The molecular weight excluding hydrogens is 286 g/mol. The number of rotatable bonds is 5. The van der Waals surface area contributed by atoms with Crippen molar-refractivity contribution in [1.29, 1.82) is 0 Å². The highest BCUT2D eigenvalue weighted by Gasteiger charge is 2.22. The molecule has 1 aromatic rings. The lowest BCUT2D eigenvalue weighted by molar-refractivity contribution is -0.120. The monoisotopic (exact) mass is 301 g/mol. The van der Waals surface area contributed by atoms with E-state index in [4.69, 9.17) is 18.0 Å². The first kappa shape index (κ1) is 15.5. The molecule has 1 rings (SSSR count). The Bertz CT molecular complexity index is 582. The number of amides is 1. The van der Waals surface area contributed by atoms with Gasteiger partial charge in [-0.15, -0.1) is 0 Å². The van der Waals surface area contributed by atoms with Gasteiger partial charge in [0.05, 0.1) is 11.4 Å². The van der Waals surface area contributed by atoms with Gasteiger partial charge in [0.2, 0.25) is 15.9 Å². The van der Waals surface area contributed by atoms with Gasteiger partial charge in [-0.3, -0.25) is 4.79 Å². The Labute approximate surface area is 117 Å². The molecule has 1 aromatic carbocycles. The minimum atomic E-state index is -3.70. The predicted octanol–water partition coefficient (Wildman–Crippen LogP) is -0.313. The number of nitrogens with two attached hydrogens (primary N) is 1. The first-order chi connectivity index (χ1) is 8.78. The Morgan fingerprint density at radius 2 is 1.89 bits per heavy atom. The average Bonchev–Trinajstić information content (AvgIpc) is 2.38. The van der Waals surface area contributed by atoms with E-state index in [0.29, 0.717) is 5.56 Å². The standard InChI is InChI=1S/C11H15N3O3S2/c1-13-10(15)7-14(2)19(16,17)9-5-3-8(4-6-9)11(12)18/h3-6H,7H2,1-2H3,(H2,12,18)(H,13,15). The number of sulfonamides is 1. The highest BCUT2D eigenvalue weighted by atomic mass is 32.2. The van der Waals surface area contributed by atoms with Crippen molar-refractivity contribution < 1.29 is 13.2 Å². The van der Waals surface area contributed by atoms with Gasteiger partial charge in [-0.2, -0.15) is 4.31 Å². The predicted molar refractivity (Wildman–Crippen MR) is 76.2 cm³/mol. The van der Waals surface area contributed by atoms with Gasteiger partial charge in [0.1, 0.15) is 4.99 Å². The van der Waals surface area contributed by atoms with E-state index in [1.165, 1.54) is 38.4 Å². The number of hydrogen-bond donors (Lipinski definition) is 2. The van der Waals surface area contributed by atoms with E-state index >= 15 is 0 Å². The Balaban J connectivity index is 3.00. The molecule has 104 valence electrons. The molecule has 0 unspecified atom stereocenters. The lowest BCUT2D eigenvalue weighted by Crippen LogP contribution is -2.36. The van der Waals surface area contributed by atoms with E-state index < -0.39 is 10.0 Å². The molecule has 3 N–H and O–H groups in total. The summed E-state index contributed by atoms with van der Waals surface area (Å²) in [6.45, 7) is -0.240. The summed E-state index contributed by atoms with van der Waals surface area (Å²) in [7, 11) is -0.915.